The van der Waals surface area contributed by atoms with E-state index < -0.39 is 5.97 Å². The number of hydrogen-bond acceptors (Lipinski definition) is 4. The number of carbonyl (C=O) groups excluding carboxylic acids is 1. The molecule has 0 saturated carbocycles. The fourth-order valence-corrected chi connectivity index (χ4v) is 0.931. The number of rotatable bonds is 3. The van der Waals surface area contributed by atoms with Crippen LogP contribution in [0.4, 0.5) is 5.69 Å². The first-order chi connectivity index (χ1) is 6.20. The summed E-state index contributed by atoms with van der Waals surface area (Å²) in [5.74, 6) is -1.28. The maximum Gasteiger partial charge on any atom is 0.338 e. The molecular formula is C8H5NO4. The van der Waals surface area contributed by atoms with Gasteiger partial charge in [0, 0.05) is 5.56 Å². The maximum absolute atomic E-state index is 10.5. The van der Waals surface area contributed by atoms with Crippen molar-refractivity contribution in [3.05, 3.63) is 34.2 Å². The summed E-state index contributed by atoms with van der Waals surface area (Å²) in [7, 11) is 0. The third-order valence-corrected chi connectivity index (χ3v) is 1.52. The van der Waals surface area contributed by atoms with Gasteiger partial charge in [-0.3, -0.25) is 4.79 Å². The number of carbonyl (C=O) groups is 2. The molecule has 66 valence electrons. The summed E-state index contributed by atoms with van der Waals surface area (Å²) in [6, 6.07) is 3.92. The molecule has 0 saturated heterocycles. The van der Waals surface area contributed by atoms with Crippen molar-refractivity contribution in [2.45, 2.75) is 0 Å². The van der Waals surface area contributed by atoms with Gasteiger partial charge in [-0.1, -0.05) is 6.07 Å². The highest BCUT2D eigenvalue weighted by molar-refractivity contribution is 5.98. The number of carboxylic acids is 1. The smallest absolute Gasteiger partial charge is 0.338 e. The lowest BCUT2D eigenvalue weighted by molar-refractivity contribution is 0.0698. The lowest BCUT2D eigenvalue weighted by Crippen LogP contribution is -1.98. The van der Waals surface area contributed by atoms with Crippen LogP contribution in [0, 0.1) is 4.91 Å². The summed E-state index contributed by atoms with van der Waals surface area (Å²) in [6.45, 7) is 0. The largest absolute Gasteiger partial charge is 0.478 e. The molecule has 0 bridgehead atoms. The molecular weight excluding hydrogens is 174 g/mol. The summed E-state index contributed by atoms with van der Waals surface area (Å²) in [5.41, 5.74) is -0.612. The van der Waals surface area contributed by atoms with Crippen molar-refractivity contribution in [2.24, 2.45) is 5.18 Å². The summed E-state index contributed by atoms with van der Waals surface area (Å²) >= 11 is 0. The van der Waals surface area contributed by atoms with Crippen molar-refractivity contribution >= 4 is 17.9 Å². The van der Waals surface area contributed by atoms with Crippen molar-refractivity contribution in [2.75, 3.05) is 0 Å². The molecule has 0 aromatic heterocycles. The van der Waals surface area contributed by atoms with E-state index in [1.807, 2.05) is 0 Å². The average Bonchev–Trinajstić information content (AvgIpc) is 2.16. The first-order valence-corrected chi connectivity index (χ1v) is 3.35. The van der Waals surface area contributed by atoms with Crippen LogP contribution in [0.15, 0.2) is 23.4 Å². The van der Waals surface area contributed by atoms with Gasteiger partial charge in [-0.05, 0) is 17.3 Å². The Labute approximate surface area is 73.0 Å². The lowest BCUT2D eigenvalue weighted by atomic mass is 10.1. The van der Waals surface area contributed by atoms with Crippen LogP contribution in [0.1, 0.15) is 20.7 Å². The zero-order chi connectivity index (χ0) is 9.84. The summed E-state index contributed by atoms with van der Waals surface area (Å²) in [6.07, 6.45) is 0.392. The number of hydrogen-bond donors (Lipinski definition) is 1. The molecule has 0 radical (unpaired) electrons. The van der Waals surface area contributed by atoms with E-state index in [0.717, 1.165) is 0 Å². The van der Waals surface area contributed by atoms with Gasteiger partial charge in [-0.15, -0.1) is 4.91 Å². The molecule has 1 aromatic carbocycles. The molecule has 0 spiro atoms. The molecule has 0 unspecified atom stereocenters. The molecule has 0 aliphatic carbocycles. The minimum Gasteiger partial charge on any atom is -0.478 e. The molecule has 13 heavy (non-hydrogen) atoms. The molecule has 1 rings (SSSR count). The SMILES string of the molecule is O=Cc1cccc(C(=O)O)c1N=O. The number of nitrogens with zero attached hydrogens (tertiary/aromatic N) is 1. The van der Waals surface area contributed by atoms with Crippen LogP contribution in [0.25, 0.3) is 0 Å². The van der Waals surface area contributed by atoms with Gasteiger partial charge < -0.3 is 5.11 Å². The van der Waals surface area contributed by atoms with E-state index in [1.165, 1.54) is 18.2 Å². The molecule has 5 nitrogen and oxygen atoms in total. The lowest BCUT2D eigenvalue weighted by Gasteiger charge is -1.98. The normalized spacial score (nSPS) is 9.23. The van der Waals surface area contributed by atoms with E-state index in [4.69, 9.17) is 5.11 Å². The van der Waals surface area contributed by atoms with Crippen molar-refractivity contribution in [1.29, 1.82) is 0 Å². The molecule has 0 heterocycles. The van der Waals surface area contributed by atoms with Crippen molar-refractivity contribution < 1.29 is 14.7 Å². The molecule has 0 aliphatic heterocycles. The molecule has 5 heteroatoms. The first kappa shape index (κ1) is 9.05. The molecule has 0 amide bonds. The van der Waals surface area contributed by atoms with E-state index in [-0.39, 0.29) is 16.8 Å². The van der Waals surface area contributed by atoms with E-state index in [1.54, 1.807) is 0 Å². The third-order valence-electron chi connectivity index (χ3n) is 1.52. The molecule has 1 N–H and O–H groups in total. The minimum absolute atomic E-state index is 0.0186. The topological polar surface area (TPSA) is 83.8 Å². The summed E-state index contributed by atoms with van der Waals surface area (Å²) in [4.78, 5) is 31.1. The van der Waals surface area contributed by atoms with E-state index in [0.29, 0.717) is 6.29 Å². The summed E-state index contributed by atoms with van der Waals surface area (Å²) in [5, 5.41) is 11.1. The van der Waals surface area contributed by atoms with Crippen molar-refractivity contribution in [1.82, 2.24) is 0 Å². The highest BCUT2D eigenvalue weighted by Gasteiger charge is 2.13. The first-order valence-electron chi connectivity index (χ1n) is 3.35. The van der Waals surface area contributed by atoms with E-state index in [2.05, 4.69) is 5.18 Å². The van der Waals surface area contributed by atoms with Crippen molar-refractivity contribution in [3.63, 3.8) is 0 Å². The Morgan fingerprint density at radius 3 is 2.62 bits per heavy atom. The molecule has 0 fully saturated rings. The number of aldehydes is 1. The monoisotopic (exact) mass is 179 g/mol. The Bertz CT molecular complexity index is 372. The highest BCUT2D eigenvalue weighted by Crippen LogP contribution is 2.22. The average molecular weight is 179 g/mol. The number of carboxylic acid groups (broad SMARTS) is 1. The van der Waals surface area contributed by atoms with Gasteiger partial charge in [-0.2, -0.15) is 0 Å². The molecule has 0 aliphatic rings. The van der Waals surface area contributed by atoms with Crippen LogP contribution >= 0.6 is 0 Å². The third kappa shape index (κ3) is 1.58. The van der Waals surface area contributed by atoms with Crippen LogP contribution in [0.5, 0.6) is 0 Å². The quantitative estimate of drug-likeness (QED) is 0.564. The van der Waals surface area contributed by atoms with E-state index >= 15 is 0 Å². The van der Waals surface area contributed by atoms with Gasteiger partial charge in [0.05, 0.1) is 5.56 Å². The predicted octanol–water partition coefficient (Wildman–Crippen LogP) is 1.60. The van der Waals surface area contributed by atoms with Gasteiger partial charge in [0.25, 0.3) is 0 Å². The van der Waals surface area contributed by atoms with Gasteiger partial charge in [-0.25, -0.2) is 4.79 Å². The van der Waals surface area contributed by atoms with E-state index in [9.17, 15) is 14.5 Å². The second kappa shape index (κ2) is 3.57. The van der Waals surface area contributed by atoms with Crippen molar-refractivity contribution in [3.8, 4) is 0 Å². The Morgan fingerprint density at radius 1 is 1.46 bits per heavy atom. The molecule has 1 aromatic rings. The Balaban J connectivity index is 3.43. The van der Waals surface area contributed by atoms with Gasteiger partial charge in [0.2, 0.25) is 0 Å². The van der Waals surface area contributed by atoms with Gasteiger partial charge in [0.15, 0.2) is 6.29 Å². The second-order valence-electron chi connectivity index (χ2n) is 2.26. The maximum atomic E-state index is 10.5. The zero-order valence-electron chi connectivity index (χ0n) is 6.43. The Kier molecular flexibility index (Phi) is 2.49. The molecule has 0 atom stereocenters. The minimum atomic E-state index is -1.28. The van der Waals surface area contributed by atoms with Crippen LogP contribution in [0.2, 0.25) is 0 Å². The van der Waals surface area contributed by atoms with Gasteiger partial charge >= 0.3 is 5.97 Å². The zero-order valence-corrected chi connectivity index (χ0v) is 6.43. The summed E-state index contributed by atoms with van der Waals surface area (Å²) < 4.78 is 0. The number of aromatic carboxylic acids is 1. The predicted molar refractivity (Wildman–Crippen MR) is 44.2 cm³/mol. The Morgan fingerprint density at radius 2 is 2.15 bits per heavy atom. The van der Waals surface area contributed by atoms with Crippen LogP contribution in [-0.4, -0.2) is 17.4 Å². The van der Waals surface area contributed by atoms with Crippen LogP contribution in [0.3, 0.4) is 0 Å². The Hall–Kier alpha value is -2.04. The number of benzene rings is 1. The van der Waals surface area contributed by atoms with Crippen LogP contribution in [-0.2, 0) is 0 Å². The fourth-order valence-electron chi connectivity index (χ4n) is 0.931. The number of nitroso groups, excluding NO2 is 1. The second-order valence-corrected chi connectivity index (χ2v) is 2.26. The van der Waals surface area contributed by atoms with Gasteiger partial charge in [0.1, 0.15) is 5.69 Å². The fraction of sp³-hybridized carbons (Fsp3) is 0. The standard InChI is InChI=1S/C8H5NO4/c10-4-5-2-1-3-6(8(11)12)7(5)9-13/h1-4H,(H,11,12). The highest BCUT2D eigenvalue weighted by atomic mass is 16.4. The van der Waals surface area contributed by atoms with Crippen LogP contribution < -0.4 is 0 Å².